The summed E-state index contributed by atoms with van der Waals surface area (Å²) >= 11 is 0. The molecule has 1 atom stereocenters. The third-order valence-electron chi connectivity index (χ3n) is 5.61. The number of hydrogen-bond donors (Lipinski definition) is 0. The lowest BCUT2D eigenvalue weighted by Gasteiger charge is -2.28. The lowest BCUT2D eigenvalue weighted by molar-refractivity contribution is -0.141. The minimum Gasteiger partial charge on any atom is -0.368 e. The number of aromatic nitrogens is 1. The summed E-state index contributed by atoms with van der Waals surface area (Å²) in [6.45, 7) is 1.88. The van der Waals surface area contributed by atoms with E-state index in [9.17, 15) is 4.79 Å². The highest BCUT2D eigenvalue weighted by atomic mass is 16.5. The number of nitrogens with zero attached hydrogens (tertiary/aromatic N) is 2. The Labute approximate surface area is 163 Å². The Balaban J connectivity index is 1.39. The second kappa shape index (κ2) is 7.24. The minimum absolute atomic E-state index is 0.0923. The first-order chi connectivity index (χ1) is 13.8. The molecule has 1 fully saturated rings. The van der Waals surface area contributed by atoms with Crippen molar-refractivity contribution in [2.75, 3.05) is 13.2 Å². The average molecular weight is 374 g/mol. The zero-order valence-electron chi connectivity index (χ0n) is 15.6. The Bertz CT molecular complexity index is 973. The van der Waals surface area contributed by atoms with Crippen LogP contribution in [0.2, 0.25) is 0 Å². The molecule has 0 saturated carbocycles. The first-order valence-corrected chi connectivity index (χ1v) is 9.83. The monoisotopic (exact) mass is 374 g/mol. The Hall–Kier alpha value is -2.92. The van der Waals surface area contributed by atoms with Crippen molar-refractivity contribution in [3.8, 4) is 22.4 Å². The molecular formula is C23H22N2O3. The highest BCUT2D eigenvalue weighted by Gasteiger charge is 2.33. The van der Waals surface area contributed by atoms with Crippen molar-refractivity contribution >= 4 is 5.91 Å². The van der Waals surface area contributed by atoms with Gasteiger partial charge in [0.05, 0.1) is 6.54 Å². The number of hydrogen-bond acceptors (Lipinski definition) is 4. The zero-order valence-corrected chi connectivity index (χ0v) is 15.6. The smallest absolute Gasteiger partial charge is 0.252 e. The standard InChI is InChI=1S/C23H22N2O3/c26-23(21-7-4-14-27-21)25-13-12-20-19(15-25)22(24-28-20)18-10-8-17(9-11-18)16-5-2-1-3-6-16/h1-3,5-6,8-11,21H,4,7,12-15H2/t21-/m0/s1. The molecule has 1 amide bonds. The normalized spacial score (nSPS) is 18.9. The Kier molecular flexibility index (Phi) is 4.45. The molecule has 0 bridgehead atoms. The van der Waals surface area contributed by atoms with E-state index < -0.39 is 0 Å². The lowest BCUT2D eigenvalue weighted by atomic mass is 9.98. The molecule has 0 aliphatic carbocycles. The highest BCUT2D eigenvalue weighted by molar-refractivity contribution is 5.82. The summed E-state index contributed by atoms with van der Waals surface area (Å²) in [5.74, 6) is 0.980. The van der Waals surface area contributed by atoms with E-state index >= 15 is 0 Å². The van der Waals surface area contributed by atoms with Crippen molar-refractivity contribution in [1.29, 1.82) is 0 Å². The van der Waals surface area contributed by atoms with Crippen LogP contribution < -0.4 is 0 Å². The summed E-state index contributed by atoms with van der Waals surface area (Å²) in [6.07, 6.45) is 2.19. The van der Waals surface area contributed by atoms with Crippen LogP contribution in [0.5, 0.6) is 0 Å². The number of ether oxygens (including phenoxy) is 1. The van der Waals surface area contributed by atoms with Gasteiger partial charge in [-0.3, -0.25) is 4.79 Å². The van der Waals surface area contributed by atoms with Gasteiger partial charge in [-0.1, -0.05) is 59.8 Å². The second-order valence-corrected chi connectivity index (χ2v) is 7.39. The third-order valence-corrected chi connectivity index (χ3v) is 5.61. The summed E-state index contributed by atoms with van der Waals surface area (Å²) in [4.78, 5) is 14.6. The Morgan fingerprint density at radius 2 is 1.75 bits per heavy atom. The van der Waals surface area contributed by atoms with Crippen molar-refractivity contribution in [2.24, 2.45) is 0 Å². The van der Waals surface area contributed by atoms with Gasteiger partial charge >= 0.3 is 0 Å². The van der Waals surface area contributed by atoms with Gasteiger partial charge < -0.3 is 14.2 Å². The molecule has 0 radical (unpaired) electrons. The van der Waals surface area contributed by atoms with E-state index in [2.05, 4.69) is 41.6 Å². The average Bonchev–Trinajstić information content (AvgIpc) is 3.44. The number of carbonyl (C=O) groups excluding carboxylic acids is 1. The molecule has 3 aromatic rings. The summed E-state index contributed by atoms with van der Waals surface area (Å²) in [5.41, 5.74) is 5.21. The largest absolute Gasteiger partial charge is 0.368 e. The maximum atomic E-state index is 12.7. The molecule has 2 aliphatic heterocycles. The fourth-order valence-corrected chi connectivity index (χ4v) is 4.05. The summed E-state index contributed by atoms with van der Waals surface area (Å²) in [7, 11) is 0. The first kappa shape index (κ1) is 17.2. The van der Waals surface area contributed by atoms with Gasteiger partial charge in [0.1, 0.15) is 17.6 Å². The third kappa shape index (κ3) is 3.12. The van der Waals surface area contributed by atoms with Crippen LogP contribution in [0.25, 0.3) is 22.4 Å². The van der Waals surface area contributed by atoms with Crippen LogP contribution in [-0.4, -0.2) is 35.2 Å². The molecule has 1 aromatic heterocycles. The SMILES string of the molecule is O=C([C@@H]1CCCO1)N1CCc2onc(-c3ccc(-c4ccccc4)cc3)c2C1. The van der Waals surface area contributed by atoms with Crippen molar-refractivity contribution in [3.63, 3.8) is 0 Å². The zero-order chi connectivity index (χ0) is 18.9. The highest BCUT2D eigenvalue weighted by Crippen LogP contribution is 2.32. The molecule has 1 saturated heterocycles. The van der Waals surface area contributed by atoms with E-state index in [4.69, 9.17) is 9.26 Å². The summed E-state index contributed by atoms with van der Waals surface area (Å²) < 4.78 is 11.2. The van der Waals surface area contributed by atoms with Gasteiger partial charge in [-0.2, -0.15) is 0 Å². The molecular weight excluding hydrogens is 352 g/mol. The van der Waals surface area contributed by atoms with Gasteiger partial charge in [-0.05, 0) is 24.0 Å². The fourth-order valence-electron chi connectivity index (χ4n) is 4.05. The molecule has 0 N–H and O–H groups in total. The molecule has 3 heterocycles. The maximum absolute atomic E-state index is 12.7. The topological polar surface area (TPSA) is 55.6 Å². The quantitative estimate of drug-likeness (QED) is 0.693. The van der Waals surface area contributed by atoms with E-state index in [1.165, 1.54) is 5.56 Å². The molecule has 0 unspecified atom stereocenters. The van der Waals surface area contributed by atoms with E-state index in [1.807, 2.05) is 23.1 Å². The van der Waals surface area contributed by atoms with Crippen molar-refractivity contribution in [3.05, 3.63) is 65.9 Å². The van der Waals surface area contributed by atoms with E-state index in [-0.39, 0.29) is 12.0 Å². The predicted molar refractivity (Wildman–Crippen MR) is 105 cm³/mol. The molecule has 2 aliphatic rings. The number of carbonyl (C=O) groups is 1. The van der Waals surface area contributed by atoms with Gasteiger partial charge in [0.2, 0.25) is 0 Å². The molecule has 5 heteroatoms. The van der Waals surface area contributed by atoms with Crippen LogP contribution in [0.3, 0.4) is 0 Å². The van der Waals surface area contributed by atoms with Crippen LogP contribution in [0, 0.1) is 0 Å². The van der Waals surface area contributed by atoms with Crippen molar-refractivity contribution in [1.82, 2.24) is 10.1 Å². The molecule has 142 valence electrons. The van der Waals surface area contributed by atoms with Gasteiger partial charge in [-0.25, -0.2) is 0 Å². The van der Waals surface area contributed by atoms with Gasteiger partial charge in [0.25, 0.3) is 5.91 Å². The Morgan fingerprint density at radius 3 is 2.50 bits per heavy atom. The van der Waals surface area contributed by atoms with Crippen molar-refractivity contribution < 1.29 is 14.1 Å². The van der Waals surface area contributed by atoms with Crippen LogP contribution in [0.1, 0.15) is 24.2 Å². The number of fused-ring (bicyclic) bond motifs is 1. The van der Waals surface area contributed by atoms with Crippen LogP contribution in [0.4, 0.5) is 0 Å². The minimum atomic E-state index is -0.282. The first-order valence-electron chi connectivity index (χ1n) is 9.83. The van der Waals surface area contributed by atoms with Crippen LogP contribution in [-0.2, 0) is 22.5 Å². The maximum Gasteiger partial charge on any atom is 0.252 e. The van der Waals surface area contributed by atoms with Crippen LogP contribution in [0.15, 0.2) is 59.1 Å². The molecule has 0 spiro atoms. The Morgan fingerprint density at radius 1 is 1.00 bits per heavy atom. The number of benzene rings is 2. The van der Waals surface area contributed by atoms with Gasteiger partial charge in [0.15, 0.2) is 0 Å². The van der Waals surface area contributed by atoms with E-state index in [1.54, 1.807) is 0 Å². The fraction of sp³-hybridized carbons (Fsp3) is 0.304. The summed E-state index contributed by atoms with van der Waals surface area (Å²) in [5, 5.41) is 4.32. The molecule has 5 nitrogen and oxygen atoms in total. The predicted octanol–water partition coefficient (Wildman–Crippen LogP) is 4.07. The molecule has 5 rings (SSSR count). The van der Waals surface area contributed by atoms with E-state index in [0.717, 1.165) is 41.0 Å². The number of rotatable bonds is 3. The lowest BCUT2D eigenvalue weighted by Crippen LogP contribution is -2.41. The van der Waals surface area contributed by atoms with Crippen LogP contribution >= 0.6 is 0 Å². The second-order valence-electron chi connectivity index (χ2n) is 7.39. The molecule has 28 heavy (non-hydrogen) atoms. The van der Waals surface area contributed by atoms with Crippen molar-refractivity contribution in [2.45, 2.75) is 31.9 Å². The van der Waals surface area contributed by atoms with Gasteiger partial charge in [-0.15, -0.1) is 0 Å². The number of amides is 1. The van der Waals surface area contributed by atoms with Gasteiger partial charge in [0, 0.05) is 30.7 Å². The summed E-state index contributed by atoms with van der Waals surface area (Å²) in [6, 6.07) is 18.6. The van der Waals surface area contributed by atoms with E-state index in [0.29, 0.717) is 26.1 Å². The molecule has 2 aromatic carbocycles.